The van der Waals surface area contributed by atoms with Crippen molar-refractivity contribution < 1.29 is 13.2 Å². The number of nitrogens with one attached hydrogen (secondary N) is 1. The van der Waals surface area contributed by atoms with Crippen LogP contribution in [0.4, 0.5) is 5.69 Å². The van der Waals surface area contributed by atoms with Crippen LogP contribution in [0.15, 0.2) is 59.5 Å². The van der Waals surface area contributed by atoms with Gasteiger partial charge in [0.05, 0.1) is 4.90 Å². The Bertz CT molecular complexity index is 911. The fourth-order valence-electron chi connectivity index (χ4n) is 3.40. The maximum absolute atomic E-state index is 12.2. The Labute approximate surface area is 172 Å². The molecule has 1 saturated heterocycles. The lowest BCUT2D eigenvalue weighted by molar-refractivity contribution is -0.116. The van der Waals surface area contributed by atoms with Crippen molar-refractivity contribution in [3.05, 3.63) is 60.2 Å². The molecule has 156 valence electrons. The fraction of sp³-hybridized carbons (Fsp3) is 0.381. The van der Waals surface area contributed by atoms with E-state index in [0.717, 1.165) is 39.1 Å². The van der Waals surface area contributed by atoms with Crippen molar-refractivity contribution >= 4 is 21.6 Å². The van der Waals surface area contributed by atoms with Crippen molar-refractivity contribution in [2.45, 2.75) is 17.7 Å². The zero-order valence-electron chi connectivity index (χ0n) is 16.5. The summed E-state index contributed by atoms with van der Waals surface area (Å²) >= 11 is 0. The molecule has 2 aromatic rings. The monoisotopic (exact) mass is 416 g/mol. The predicted molar refractivity (Wildman–Crippen MR) is 114 cm³/mol. The first-order valence-electron chi connectivity index (χ1n) is 9.81. The van der Waals surface area contributed by atoms with Gasteiger partial charge in [0.1, 0.15) is 0 Å². The highest BCUT2D eigenvalue weighted by atomic mass is 32.2. The van der Waals surface area contributed by atoms with E-state index in [4.69, 9.17) is 5.14 Å². The molecule has 0 spiro atoms. The Kier molecular flexibility index (Phi) is 7.38. The minimum Gasteiger partial charge on any atom is -0.326 e. The van der Waals surface area contributed by atoms with E-state index in [0.29, 0.717) is 18.7 Å². The molecule has 1 aliphatic rings. The number of amides is 1. The van der Waals surface area contributed by atoms with E-state index in [1.54, 1.807) is 12.1 Å². The second kappa shape index (κ2) is 9.98. The third-order valence-electron chi connectivity index (χ3n) is 5.13. The molecule has 8 heteroatoms. The van der Waals surface area contributed by atoms with Gasteiger partial charge in [-0.3, -0.25) is 4.79 Å². The average molecular weight is 417 g/mol. The minimum atomic E-state index is -3.78. The molecule has 1 fully saturated rings. The molecule has 0 aromatic heterocycles. The predicted octanol–water partition coefficient (Wildman–Crippen LogP) is 1.52. The molecule has 0 aliphatic carbocycles. The average Bonchev–Trinajstić information content (AvgIpc) is 2.72. The van der Waals surface area contributed by atoms with Crippen molar-refractivity contribution in [1.29, 1.82) is 0 Å². The van der Waals surface area contributed by atoms with E-state index < -0.39 is 10.0 Å². The lowest BCUT2D eigenvalue weighted by Gasteiger charge is -2.34. The Morgan fingerprint density at radius 3 is 2.24 bits per heavy atom. The maximum atomic E-state index is 12.2. The highest BCUT2D eigenvalue weighted by molar-refractivity contribution is 7.89. The highest BCUT2D eigenvalue weighted by Crippen LogP contribution is 2.14. The Morgan fingerprint density at radius 1 is 0.931 bits per heavy atom. The molecule has 0 atom stereocenters. The van der Waals surface area contributed by atoms with E-state index in [9.17, 15) is 13.2 Å². The van der Waals surface area contributed by atoms with Gasteiger partial charge < -0.3 is 15.1 Å². The van der Waals surface area contributed by atoms with Crippen molar-refractivity contribution in [2.75, 3.05) is 44.6 Å². The Balaban J connectivity index is 1.37. The van der Waals surface area contributed by atoms with Gasteiger partial charge in [-0.2, -0.15) is 0 Å². The maximum Gasteiger partial charge on any atom is 0.238 e. The molecule has 3 N–H and O–H groups in total. The number of nitrogens with zero attached hydrogens (tertiary/aromatic N) is 2. The van der Waals surface area contributed by atoms with Crippen molar-refractivity contribution in [3.8, 4) is 0 Å². The number of carbonyl (C=O) groups is 1. The molecule has 0 saturated carbocycles. The second-order valence-electron chi connectivity index (χ2n) is 7.29. The summed E-state index contributed by atoms with van der Waals surface area (Å²) in [5, 5.41) is 7.87. The van der Waals surface area contributed by atoms with Crippen molar-refractivity contribution in [1.82, 2.24) is 9.80 Å². The van der Waals surface area contributed by atoms with Crippen LogP contribution in [0.5, 0.6) is 0 Å². The molecule has 29 heavy (non-hydrogen) atoms. The third-order valence-corrected chi connectivity index (χ3v) is 6.04. The molecular formula is C21H28N4O3S. The number of anilines is 1. The van der Waals surface area contributed by atoms with E-state index in [2.05, 4.69) is 39.4 Å². The second-order valence-corrected chi connectivity index (χ2v) is 8.85. The van der Waals surface area contributed by atoms with Crippen molar-refractivity contribution in [2.24, 2.45) is 5.14 Å². The molecule has 0 bridgehead atoms. The summed E-state index contributed by atoms with van der Waals surface area (Å²) in [4.78, 5) is 17.0. The topological polar surface area (TPSA) is 95.7 Å². The number of benzene rings is 2. The molecule has 0 radical (unpaired) electrons. The first kappa shape index (κ1) is 21.4. The van der Waals surface area contributed by atoms with Crippen LogP contribution < -0.4 is 10.5 Å². The number of hydrogen-bond donors (Lipinski definition) is 2. The molecule has 7 nitrogen and oxygen atoms in total. The van der Waals surface area contributed by atoms with E-state index in [-0.39, 0.29) is 10.8 Å². The number of primary sulfonamides is 1. The standard InChI is InChI=1S/C21H28N4O3S/c22-29(27,28)20-8-4-7-19(17-20)23-21(26)10-12-25-15-13-24(14-16-25)11-9-18-5-2-1-3-6-18/h1-8,17H,9-16H2,(H,23,26)(H2,22,27,28). The number of sulfonamides is 1. The van der Waals surface area contributed by atoms with E-state index >= 15 is 0 Å². The molecule has 1 aliphatic heterocycles. The van der Waals surface area contributed by atoms with Crippen LogP contribution in [-0.4, -0.2) is 63.4 Å². The molecule has 1 amide bonds. The van der Waals surface area contributed by atoms with Crippen LogP contribution >= 0.6 is 0 Å². The SMILES string of the molecule is NS(=O)(=O)c1cccc(NC(=O)CCN2CCN(CCc3ccccc3)CC2)c1. The molecular weight excluding hydrogens is 388 g/mol. The zero-order valence-corrected chi connectivity index (χ0v) is 17.3. The largest absolute Gasteiger partial charge is 0.326 e. The summed E-state index contributed by atoms with van der Waals surface area (Å²) in [6.45, 7) is 5.65. The smallest absolute Gasteiger partial charge is 0.238 e. The first-order valence-corrected chi connectivity index (χ1v) is 11.4. The Morgan fingerprint density at radius 2 is 1.59 bits per heavy atom. The lowest BCUT2D eigenvalue weighted by Crippen LogP contribution is -2.47. The molecule has 2 aromatic carbocycles. The normalized spacial score (nSPS) is 15.9. The quantitative estimate of drug-likeness (QED) is 0.680. The van der Waals surface area contributed by atoms with Gasteiger partial charge in [0.2, 0.25) is 15.9 Å². The third kappa shape index (κ3) is 6.93. The summed E-state index contributed by atoms with van der Waals surface area (Å²) in [5.41, 5.74) is 1.80. The van der Waals surface area contributed by atoms with Gasteiger partial charge in [-0.15, -0.1) is 0 Å². The summed E-state index contributed by atoms with van der Waals surface area (Å²) in [7, 11) is -3.78. The van der Waals surface area contributed by atoms with Crippen LogP contribution in [0, 0.1) is 0 Å². The summed E-state index contributed by atoms with van der Waals surface area (Å²) in [6, 6.07) is 16.5. The number of nitrogens with two attached hydrogens (primary N) is 1. The number of piperazine rings is 1. The van der Waals surface area contributed by atoms with Crippen LogP contribution in [0.1, 0.15) is 12.0 Å². The number of hydrogen-bond acceptors (Lipinski definition) is 5. The van der Waals surface area contributed by atoms with E-state index in [1.807, 2.05) is 6.07 Å². The van der Waals surface area contributed by atoms with Gasteiger partial charge in [0.15, 0.2) is 0 Å². The summed E-state index contributed by atoms with van der Waals surface area (Å²) in [6.07, 6.45) is 1.42. The summed E-state index contributed by atoms with van der Waals surface area (Å²) in [5.74, 6) is -0.136. The van der Waals surface area contributed by atoms with Gasteiger partial charge in [-0.25, -0.2) is 13.6 Å². The van der Waals surface area contributed by atoms with Crippen LogP contribution in [0.3, 0.4) is 0 Å². The number of carbonyl (C=O) groups excluding carboxylic acids is 1. The van der Waals surface area contributed by atoms with Crippen LogP contribution in [-0.2, 0) is 21.2 Å². The molecule has 1 heterocycles. The van der Waals surface area contributed by atoms with Gasteiger partial charge in [-0.1, -0.05) is 36.4 Å². The lowest BCUT2D eigenvalue weighted by atomic mass is 10.1. The summed E-state index contributed by atoms with van der Waals surface area (Å²) < 4.78 is 22.8. The van der Waals surface area contributed by atoms with Crippen molar-refractivity contribution in [3.63, 3.8) is 0 Å². The minimum absolute atomic E-state index is 0.0121. The van der Waals surface area contributed by atoms with Crippen LogP contribution in [0.2, 0.25) is 0 Å². The van der Waals surface area contributed by atoms with Crippen LogP contribution in [0.25, 0.3) is 0 Å². The fourth-order valence-corrected chi connectivity index (χ4v) is 3.96. The Hall–Kier alpha value is -2.26. The van der Waals surface area contributed by atoms with Gasteiger partial charge in [0, 0.05) is 51.4 Å². The highest BCUT2D eigenvalue weighted by Gasteiger charge is 2.17. The number of rotatable bonds is 8. The van der Waals surface area contributed by atoms with Gasteiger partial charge >= 0.3 is 0 Å². The zero-order chi connectivity index (χ0) is 20.7. The molecule has 3 rings (SSSR count). The van der Waals surface area contributed by atoms with Gasteiger partial charge in [0.25, 0.3) is 0 Å². The van der Waals surface area contributed by atoms with Gasteiger partial charge in [-0.05, 0) is 30.2 Å². The molecule has 0 unspecified atom stereocenters. The van der Waals surface area contributed by atoms with E-state index in [1.165, 1.54) is 17.7 Å². The first-order chi connectivity index (χ1) is 13.9.